The topological polar surface area (TPSA) is 9.23 Å². The van der Waals surface area contributed by atoms with E-state index in [2.05, 4.69) is 0 Å². The summed E-state index contributed by atoms with van der Waals surface area (Å²) in [6.45, 7) is 4.02. The first-order chi connectivity index (χ1) is 17.4. The fraction of sp³-hybridized carbons (Fsp3) is 0.226. The molecule has 0 atom stereocenters. The molecule has 5 heteroatoms. The Bertz CT molecular complexity index is 1330. The summed E-state index contributed by atoms with van der Waals surface area (Å²) in [7, 11) is 0. The van der Waals surface area contributed by atoms with E-state index in [0.717, 1.165) is 24.8 Å². The Morgan fingerprint density at radius 3 is 1.72 bits per heavy atom. The highest BCUT2D eigenvalue weighted by atomic mass is 19.2. The van der Waals surface area contributed by atoms with E-state index in [9.17, 15) is 17.6 Å². The fourth-order valence-corrected chi connectivity index (χ4v) is 4.10. The van der Waals surface area contributed by atoms with Crippen molar-refractivity contribution in [1.29, 1.82) is 0 Å². The maximum Gasteiger partial charge on any atom is 0.201 e. The molecule has 4 rings (SSSR count). The molecule has 0 fully saturated rings. The lowest BCUT2D eigenvalue weighted by molar-refractivity contribution is 0.285. The van der Waals surface area contributed by atoms with E-state index in [-0.39, 0.29) is 23.5 Å². The molecule has 0 heterocycles. The summed E-state index contributed by atoms with van der Waals surface area (Å²) >= 11 is 0. The molecule has 0 spiro atoms. The molecule has 36 heavy (non-hydrogen) atoms. The normalized spacial score (nSPS) is 11.1. The standard InChI is InChI=1S/C31H28F4O/c1-3-5-6-24-15-16-25(29(33)28(24)32)23-13-9-21(10-14-23)19-36-27-18-17-26(30(34)31(27)35)22-11-7-20(4-2)8-12-22/h7-18H,3-6,19H2,1-2H3. The van der Waals surface area contributed by atoms with E-state index in [0.29, 0.717) is 28.7 Å². The van der Waals surface area contributed by atoms with Gasteiger partial charge in [-0.1, -0.05) is 80.9 Å². The van der Waals surface area contributed by atoms with Gasteiger partial charge in [-0.15, -0.1) is 0 Å². The van der Waals surface area contributed by atoms with Crippen LogP contribution in [0.3, 0.4) is 0 Å². The second-order valence-electron chi connectivity index (χ2n) is 8.78. The van der Waals surface area contributed by atoms with Crippen molar-refractivity contribution in [3.63, 3.8) is 0 Å². The third kappa shape index (κ3) is 5.46. The lowest BCUT2D eigenvalue weighted by atomic mass is 9.99. The number of rotatable bonds is 9. The Morgan fingerprint density at radius 2 is 1.14 bits per heavy atom. The van der Waals surface area contributed by atoms with Crippen LogP contribution < -0.4 is 4.74 Å². The molecule has 186 valence electrons. The van der Waals surface area contributed by atoms with Crippen molar-refractivity contribution in [3.8, 4) is 28.0 Å². The predicted molar refractivity (Wildman–Crippen MR) is 136 cm³/mol. The van der Waals surface area contributed by atoms with Crippen LogP contribution in [-0.4, -0.2) is 0 Å². The number of hydrogen-bond acceptors (Lipinski definition) is 1. The Morgan fingerprint density at radius 1 is 0.583 bits per heavy atom. The van der Waals surface area contributed by atoms with Crippen molar-refractivity contribution in [2.75, 3.05) is 0 Å². The van der Waals surface area contributed by atoms with Gasteiger partial charge in [-0.25, -0.2) is 13.2 Å². The van der Waals surface area contributed by atoms with Crippen molar-refractivity contribution in [2.24, 2.45) is 0 Å². The first-order valence-corrected chi connectivity index (χ1v) is 12.2. The Hall–Kier alpha value is -3.60. The minimum atomic E-state index is -1.05. The second-order valence-corrected chi connectivity index (χ2v) is 8.78. The van der Waals surface area contributed by atoms with Crippen LogP contribution in [-0.2, 0) is 19.4 Å². The number of benzene rings is 4. The van der Waals surface area contributed by atoms with Crippen LogP contribution in [0.4, 0.5) is 17.6 Å². The third-order valence-corrected chi connectivity index (χ3v) is 6.34. The maximum atomic E-state index is 14.7. The average Bonchev–Trinajstić information content (AvgIpc) is 2.91. The molecule has 4 aromatic carbocycles. The van der Waals surface area contributed by atoms with Crippen molar-refractivity contribution < 1.29 is 22.3 Å². The summed E-state index contributed by atoms with van der Waals surface area (Å²) in [6.07, 6.45) is 3.06. The van der Waals surface area contributed by atoms with E-state index >= 15 is 0 Å². The minimum absolute atomic E-state index is 0.00597. The van der Waals surface area contributed by atoms with E-state index < -0.39 is 23.3 Å². The maximum absolute atomic E-state index is 14.7. The summed E-state index contributed by atoms with van der Waals surface area (Å²) in [5.74, 6) is -3.89. The highest BCUT2D eigenvalue weighted by molar-refractivity contribution is 5.66. The van der Waals surface area contributed by atoms with Crippen LogP contribution in [0.25, 0.3) is 22.3 Å². The third-order valence-electron chi connectivity index (χ3n) is 6.34. The number of aryl methyl sites for hydroxylation is 2. The fourth-order valence-electron chi connectivity index (χ4n) is 4.10. The van der Waals surface area contributed by atoms with Crippen LogP contribution in [0.2, 0.25) is 0 Å². The van der Waals surface area contributed by atoms with Gasteiger partial charge in [0.15, 0.2) is 23.2 Å². The molecule has 0 saturated carbocycles. The van der Waals surface area contributed by atoms with Gasteiger partial charge >= 0.3 is 0 Å². The summed E-state index contributed by atoms with van der Waals surface area (Å²) in [5.41, 5.74) is 3.63. The average molecular weight is 493 g/mol. The van der Waals surface area contributed by atoms with Gasteiger partial charge in [0.1, 0.15) is 6.61 Å². The molecule has 1 nitrogen and oxygen atoms in total. The Balaban J connectivity index is 1.46. The van der Waals surface area contributed by atoms with E-state index in [1.807, 2.05) is 26.0 Å². The second kappa shape index (κ2) is 11.4. The van der Waals surface area contributed by atoms with Crippen LogP contribution >= 0.6 is 0 Å². The van der Waals surface area contributed by atoms with Crippen molar-refractivity contribution >= 4 is 0 Å². The highest BCUT2D eigenvalue weighted by Crippen LogP contribution is 2.31. The molecule has 0 saturated heterocycles. The SMILES string of the molecule is CCCCc1ccc(-c2ccc(COc3ccc(-c4ccc(CC)cc4)c(F)c3F)cc2)c(F)c1F. The monoisotopic (exact) mass is 492 g/mol. The number of halogens is 4. The molecule has 0 unspecified atom stereocenters. The van der Waals surface area contributed by atoms with E-state index in [1.165, 1.54) is 12.1 Å². The molecular weight excluding hydrogens is 464 g/mol. The van der Waals surface area contributed by atoms with Gasteiger partial charge in [0.05, 0.1) is 0 Å². The van der Waals surface area contributed by atoms with Crippen molar-refractivity contribution in [3.05, 3.63) is 113 Å². The van der Waals surface area contributed by atoms with Crippen LogP contribution in [0, 0.1) is 23.3 Å². The van der Waals surface area contributed by atoms with Gasteiger partial charge in [0.25, 0.3) is 0 Å². The van der Waals surface area contributed by atoms with Gasteiger partial charge in [0.2, 0.25) is 5.82 Å². The first-order valence-electron chi connectivity index (χ1n) is 12.2. The minimum Gasteiger partial charge on any atom is -0.486 e. The van der Waals surface area contributed by atoms with Crippen LogP contribution in [0.15, 0.2) is 72.8 Å². The molecule has 4 aromatic rings. The zero-order chi connectivity index (χ0) is 25.7. The lowest BCUT2D eigenvalue weighted by Gasteiger charge is -2.12. The first kappa shape index (κ1) is 25.5. The van der Waals surface area contributed by atoms with Gasteiger partial charge in [-0.05, 0) is 59.2 Å². The van der Waals surface area contributed by atoms with Crippen LogP contribution in [0.5, 0.6) is 5.75 Å². The Labute approximate surface area is 209 Å². The summed E-state index contributed by atoms with van der Waals surface area (Å²) in [6, 6.07) is 20.1. The van der Waals surface area contributed by atoms with Crippen molar-refractivity contribution in [1.82, 2.24) is 0 Å². The largest absolute Gasteiger partial charge is 0.486 e. The smallest absolute Gasteiger partial charge is 0.201 e. The number of ether oxygens (including phenoxy) is 1. The van der Waals surface area contributed by atoms with Gasteiger partial charge in [0, 0.05) is 11.1 Å². The van der Waals surface area contributed by atoms with E-state index in [1.54, 1.807) is 48.5 Å². The van der Waals surface area contributed by atoms with Gasteiger partial charge < -0.3 is 4.74 Å². The van der Waals surface area contributed by atoms with Gasteiger partial charge in [-0.2, -0.15) is 4.39 Å². The molecule has 0 aliphatic carbocycles. The van der Waals surface area contributed by atoms with Crippen molar-refractivity contribution in [2.45, 2.75) is 46.1 Å². The molecule has 0 bridgehead atoms. The zero-order valence-electron chi connectivity index (χ0n) is 20.4. The molecule has 0 radical (unpaired) electrons. The number of hydrogen-bond donors (Lipinski definition) is 0. The van der Waals surface area contributed by atoms with Crippen LogP contribution in [0.1, 0.15) is 43.4 Å². The molecule has 0 N–H and O–H groups in total. The molecule has 0 aliphatic heterocycles. The quantitative estimate of drug-likeness (QED) is 0.212. The summed E-state index contributed by atoms with van der Waals surface area (Å²) in [4.78, 5) is 0. The highest BCUT2D eigenvalue weighted by Gasteiger charge is 2.17. The summed E-state index contributed by atoms with van der Waals surface area (Å²) < 4.78 is 64.0. The molecule has 0 aromatic heterocycles. The zero-order valence-corrected chi connectivity index (χ0v) is 20.4. The molecular formula is C31H28F4O. The Kier molecular flexibility index (Phi) is 8.09. The molecule has 0 amide bonds. The lowest BCUT2D eigenvalue weighted by Crippen LogP contribution is -2.01. The summed E-state index contributed by atoms with van der Waals surface area (Å²) in [5, 5.41) is 0. The molecule has 0 aliphatic rings. The predicted octanol–water partition coefficient (Wildman–Crippen LogP) is 9.06. The number of unbranched alkanes of at least 4 members (excludes halogenated alkanes) is 1. The van der Waals surface area contributed by atoms with E-state index in [4.69, 9.17) is 4.74 Å². The van der Waals surface area contributed by atoms with Gasteiger partial charge in [-0.3, -0.25) is 0 Å².